The fourth-order valence-electron chi connectivity index (χ4n) is 10.1. The molecule has 15 heteroatoms. The minimum atomic E-state index is -0.376. The molecule has 6 heterocycles. The first kappa shape index (κ1) is 52.7. The number of rotatable bonds is 14. The molecule has 400 valence electrons. The predicted octanol–water partition coefficient (Wildman–Crippen LogP) is 11.1. The fourth-order valence-corrected chi connectivity index (χ4v) is 10.1. The molecule has 2 N–H and O–H groups in total. The molecule has 2 aliphatic rings. The zero-order chi connectivity index (χ0) is 54.6. The summed E-state index contributed by atoms with van der Waals surface area (Å²) in [6.07, 6.45) is 11.2. The molecule has 0 spiro atoms. The van der Waals surface area contributed by atoms with Crippen LogP contribution in [0.5, 0.6) is 0 Å². The van der Waals surface area contributed by atoms with Gasteiger partial charge in [-0.2, -0.15) is 0 Å². The van der Waals surface area contributed by atoms with E-state index in [-0.39, 0.29) is 30.0 Å². The van der Waals surface area contributed by atoms with Crippen LogP contribution in [0.1, 0.15) is 35.1 Å². The molecule has 1 atom stereocenters. The van der Waals surface area contributed by atoms with Crippen molar-refractivity contribution in [2.75, 3.05) is 72.8 Å². The Hall–Kier alpha value is -9.31. The van der Waals surface area contributed by atoms with E-state index >= 15 is 0 Å². The predicted molar refractivity (Wildman–Crippen MR) is 316 cm³/mol. The summed E-state index contributed by atoms with van der Waals surface area (Å²) in [4.78, 5) is 62.4. The van der Waals surface area contributed by atoms with E-state index in [1.807, 2.05) is 147 Å². The van der Waals surface area contributed by atoms with Crippen molar-refractivity contribution in [3.8, 4) is 22.3 Å². The summed E-state index contributed by atoms with van der Waals surface area (Å²) in [6.45, 7) is 11.2. The second-order valence-corrected chi connectivity index (χ2v) is 20.2. The van der Waals surface area contributed by atoms with E-state index in [0.717, 1.165) is 133 Å². The Bertz CT molecular complexity index is 3690. The van der Waals surface area contributed by atoms with Crippen LogP contribution in [0.4, 0.5) is 27.4 Å². The minimum absolute atomic E-state index is 0.0142. The highest BCUT2D eigenvalue weighted by Crippen LogP contribution is 2.29. The summed E-state index contributed by atoms with van der Waals surface area (Å²) in [5.74, 6) is 0.918. The van der Waals surface area contributed by atoms with Crippen molar-refractivity contribution in [2.45, 2.75) is 32.4 Å². The molecular weight excluding hydrogens is 1000 g/mol. The van der Waals surface area contributed by atoms with Gasteiger partial charge in [-0.25, -0.2) is 14.4 Å². The highest BCUT2D eigenvalue weighted by Gasteiger charge is 2.21. The number of hydrogen-bond acceptors (Lipinski definition) is 12. The topological polar surface area (TPSA) is 148 Å². The van der Waals surface area contributed by atoms with Crippen LogP contribution in [-0.2, 0) is 29.1 Å². The maximum Gasteiger partial charge on any atom is 0.231 e. The SMILES string of the molecule is CC(C(=O)Nc1ccc(-c2ccc3ncc(N4CCN(Cc5cccnc5)CC4)nc3c2)cc1)c1ccccc1.O=C(Cc1ccccc1F)Nc1ccc(-c2ccc3ncc(N4CCN(Cc5cccnc5)CC4)nc3c2)cc1. The monoisotopic (exact) mass is 1060 g/mol. The molecule has 80 heavy (non-hydrogen) atoms. The molecule has 2 amide bonds. The summed E-state index contributed by atoms with van der Waals surface area (Å²) in [7, 11) is 0. The Labute approximate surface area is 465 Å². The number of amides is 2. The van der Waals surface area contributed by atoms with E-state index in [1.165, 1.54) is 17.2 Å². The van der Waals surface area contributed by atoms with Crippen molar-refractivity contribution < 1.29 is 14.0 Å². The van der Waals surface area contributed by atoms with E-state index < -0.39 is 0 Å². The molecule has 6 aromatic carbocycles. The number of pyridine rings is 2. The van der Waals surface area contributed by atoms with Gasteiger partial charge in [-0.1, -0.05) is 97.1 Å². The van der Waals surface area contributed by atoms with E-state index in [2.05, 4.69) is 75.5 Å². The number of piperazine rings is 2. The lowest BCUT2D eigenvalue weighted by Crippen LogP contribution is -2.46. The molecule has 0 aliphatic carbocycles. The number of halogens is 1. The number of benzene rings is 6. The van der Waals surface area contributed by atoms with Crippen LogP contribution < -0.4 is 20.4 Å². The third-order valence-corrected chi connectivity index (χ3v) is 14.7. The first-order chi connectivity index (χ1) is 39.2. The van der Waals surface area contributed by atoms with E-state index in [0.29, 0.717) is 11.3 Å². The third-order valence-electron chi connectivity index (χ3n) is 14.7. The molecule has 14 nitrogen and oxygen atoms in total. The quantitative estimate of drug-likeness (QED) is 0.107. The van der Waals surface area contributed by atoms with Crippen molar-refractivity contribution in [1.82, 2.24) is 39.7 Å². The number of carbonyl (C=O) groups is 2. The zero-order valence-corrected chi connectivity index (χ0v) is 44.6. The molecule has 0 bridgehead atoms. The summed E-state index contributed by atoms with van der Waals surface area (Å²) in [6, 6.07) is 52.2. The maximum atomic E-state index is 13.9. The Morgan fingerprint density at radius 3 is 1.46 bits per heavy atom. The Morgan fingerprint density at radius 2 is 0.975 bits per heavy atom. The van der Waals surface area contributed by atoms with Crippen LogP contribution in [-0.4, -0.2) is 104 Å². The van der Waals surface area contributed by atoms with Crippen LogP contribution in [0.15, 0.2) is 201 Å². The largest absolute Gasteiger partial charge is 0.353 e. The third kappa shape index (κ3) is 13.3. The number of aromatic nitrogens is 6. The van der Waals surface area contributed by atoms with E-state index in [4.69, 9.17) is 15.0 Å². The number of anilines is 4. The lowest BCUT2D eigenvalue weighted by Gasteiger charge is -2.35. The van der Waals surface area contributed by atoms with Crippen LogP contribution in [0.25, 0.3) is 44.3 Å². The molecule has 0 radical (unpaired) electrons. The molecule has 2 aliphatic heterocycles. The van der Waals surface area contributed by atoms with Gasteiger partial charge in [0.05, 0.1) is 46.8 Å². The number of fused-ring (bicyclic) bond motifs is 2. The van der Waals surface area contributed by atoms with Crippen LogP contribution >= 0.6 is 0 Å². The van der Waals surface area contributed by atoms with Gasteiger partial charge in [0.25, 0.3) is 0 Å². The van der Waals surface area contributed by atoms with Gasteiger partial charge in [0.2, 0.25) is 11.8 Å². The van der Waals surface area contributed by atoms with Crippen LogP contribution in [0, 0.1) is 5.82 Å². The molecule has 0 saturated carbocycles. The first-order valence-corrected chi connectivity index (χ1v) is 27.1. The molecule has 12 rings (SSSR count). The van der Waals surface area contributed by atoms with Crippen molar-refractivity contribution in [1.29, 1.82) is 0 Å². The summed E-state index contributed by atoms with van der Waals surface area (Å²) in [5.41, 5.74) is 12.9. The van der Waals surface area contributed by atoms with Gasteiger partial charge < -0.3 is 20.4 Å². The molecule has 2 saturated heterocycles. The average Bonchev–Trinajstić information content (AvgIpc) is 3.51. The number of hydrogen-bond donors (Lipinski definition) is 2. The molecular formula is C65H61FN12O2. The smallest absolute Gasteiger partial charge is 0.231 e. The molecule has 10 aromatic rings. The van der Waals surface area contributed by atoms with Gasteiger partial charge in [0.1, 0.15) is 17.5 Å². The summed E-state index contributed by atoms with van der Waals surface area (Å²) < 4.78 is 13.9. The maximum absolute atomic E-state index is 13.9. The first-order valence-electron chi connectivity index (χ1n) is 27.1. The highest BCUT2D eigenvalue weighted by molar-refractivity contribution is 5.96. The Kier molecular flexibility index (Phi) is 16.5. The fraction of sp³-hybridized carbons (Fsp3) is 0.200. The van der Waals surface area contributed by atoms with Gasteiger partial charge in [-0.15, -0.1) is 0 Å². The van der Waals surface area contributed by atoms with Gasteiger partial charge in [-0.05, 0) is 118 Å². The van der Waals surface area contributed by atoms with Crippen molar-refractivity contribution in [3.05, 3.63) is 229 Å². The summed E-state index contributed by atoms with van der Waals surface area (Å²) >= 11 is 0. The second-order valence-electron chi connectivity index (χ2n) is 20.2. The van der Waals surface area contributed by atoms with Crippen LogP contribution in [0.2, 0.25) is 0 Å². The average molecular weight is 1060 g/mol. The zero-order valence-electron chi connectivity index (χ0n) is 44.6. The van der Waals surface area contributed by atoms with Gasteiger partial charge >= 0.3 is 0 Å². The van der Waals surface area contributed by atoms with E-state index in [1.54, 1.807) is 24.4 Å². The summed E-state index contributed by atoms with van der Waals surface area (Å²) in [5, 5.41) is 5.88. The number of carbonyl (C=O) groups excluding carboxylic acids is 2. The highest BCUT2D eigenvalue weighted by atomic mass is 19.1. The lowest BCUT2D eigenvalue weighted by atomic mass is 10.0. The Morgan fingerprint density at radius 1 is 0.500 bits per heavy atom. The Balaban J connectivity index is 0.000000169. The van der Waals surface area contributed by atoms with Crippen molar-refractivity contribution in [2.24, 2.45) is 0 Å². The van der Waals surface area contributed by atoms with Gasteiger partial charge in [-0.3, -0.25) is 39.3 Å². The second kappa shape index (κ2) is 25.0. The minimum Gasteiger partial charge on any atom is -0.353 e. The van der Waals surface area contributed by atoms with Gasteiger partial charge in [0, 0.05) is 102 Å². The molecule has 2 fully saturated rings. The molecule has 4 aromatic heterocycles. The van der Waals surface area contributed by atoms with Gasteiger partial charge in [0.15, 0.2) is 0 Å². The normalized spacial score (nSPS) is 14.3. The van der Waals surface area contributed by atoms with Crippen molar-refractivity contribution in [3.63, 3.8) is 0 Å². The standard InChI is InChI=1S/C33H32N6O.C32H29FN6O/c1-24(26-7-3-2-4-8-26)33(40)36-29-12-9-27(10-13-29)28-11-14-30-31(20-28)37-32(22-35-30)39-18-16-38(17-19-39)23-25-6-5-15-34-21-25;33-28-6-2-1-5-26(28)19-32(40)36-27-10-7-24(8-11-27)25-9-12-29-30(18-25)37-31(21-35-29)39-16-14-38(15-17-39)22-23-4-3-13-34-20-23/h2-15,20-22,24H,16-19,23H2,1H3,(H,36,40);1-13,18,20-21H,14-17,19,22H2,(H,36,40). The van der Waals surface area contributed by atoms with Crippen LogP contribution in [0.3, 0.4) is 0 Å². The van der Waals surface area contributed by atoms with E-state index in [9.17, 15) is 14.0 Å². The molecule has 1 unspecified atom stereocenters. The van der Waals surface area contributed by atoms with Crippen molar-refractivity contribution >= 4 is 56.9 Å². The number of nitrogens with zero attached hydrogens (tertiary/aromatic N) is 10. The number of nitrogens with one attached hydrogen (secondary N) is 2. The lowest BCUT2D eigenvalue weighted by molar-refractivity contribution is -0.117.